The van der Waals surface area contributed by atoms with Gasteiger partial charge in [-0.15, -0.1) is 10.2 Å². The van der Waals surface area contributed by atoms with Gasteiger partial charge in [0.05, 0.1) is 17.4 Å². The van der Waals surface area contributed by atoms with E-state index in [2.05, 4.69) is 10.2 Å². The van der Waals surface area contributed by atoms with E-state index in [1.165, 1.54) is 6.07 Å². The molecule has 0 saturated carbocycles. The van der Waals surface area contributed by atoms with E-state index in [4.69, 9.17) is 16.7 Å². The van der Waals surface area contributed by atoms with Gasteiger partial charge in [-0.25, -0.2) is 9.40 Å². The highest BCUT2D eigenvalue weighted by molar-refractivity contribution is 6.34. The van der Waals surface area contributed by atoms with Crippen molar-refractivity contribution in [1.82, 2.24) is 10.2 Å². The van der Waals surface area contributed by atoms with E-state index >= 15 is 0 Å². The molecule has 5 rings (SSSR count). The standard InChI is InChI=1S/C25H18ClFN4/c26-20-12-6-4-10-18(20)23-16-24(19-11-5-7-13-21(19)27)31(30-23)25-15-14-22(28-29-25)17-8-2-1-3-9-17/h1-15,24H,16H2. The van der Waals surface area contributed by atoms with Crippen LogP contribution < -0.4 is 5.01 Å². The van der Waals surface area contributed by atoms with E-state index in [1.54, 1.807) is 17.1 Å². The number of rotatable bonds is 4. The Bertz CT molecular complexity index is 1240. The van der Waals surface area contributed by atoms with Crippen LogP contribution in [0.1, 0.15) is 23.6 Å². The number of hydrogen-bond donors (Lipinski definition) is 0. The molecular formula is C25H18ClFN4. The van der Waals surface area contributed by atoms with Crippen molar-refractivity contribution in [2.24, 2.45) is 5.10 Å². The lowest BCUT2D eigenvalue weighted by Gasteiger charge is -2.23. The van der Waals surface area contributed by atoms with Crippen LogP contribution in [0.25, 0.3) is 11.3 Å². The van der Waals surface area contributed by atoms with Crippen molar-refractivity contribution in [1.29, 1.82) is 0 Å². The van der Waals surface area contributed by atoms with Gasteiger partial charge in [0.25, 0.3) is 0 Å². The fourth-order valence-electron chi connectivity index (χ4n) is 3.78. The molecule has 2 heterocycles. The summed E-state index contributed by atoms with van der Waals surface area (Å²) < 4.78 is 14.7. The van der Waals surface area contributed by atoms with Crippen LogP contribution in [-0.2, 0) is 0 Å². The monoisotopic (exact) mass is 428 g/mol. The molecule has 1 atom stereocenters. The second kappa shape index (κ2) is 8.28. The molecule has 1 unspecified atom stereocenters. The fraction of sp³-hybridized carbons (Fsp3) is 0.0800. The lowest BCUT2D eigenvalue weighted by molar-refractivity contribution is 0.577. The van der Waals surface area contributed by atoms with E-state index in [0.29, 0.717) is 22.8 Å². The van der Waals surface area contributed by atoms with Crippen LogP contribution in [0, 0.1) is 5.82 Å². The molecule has 1 aromatic heterocycles. The molecule has 31 heavy (non-hydrogen) atoms. The summed E-state index contributed by atoms with van der Waals surface area (Å²) in [5, 5.41) is 15.9. The number of halogens is 2. The topological polar surface area (TPSA) is 41.4 Å². The van der Waals surface area contributed by atoms with Gasteiger partial charge in [0.15, 0.2) is 5.82 Å². The molecule has 4 nitrogen and oxygen atoms in total. The molecule has 152 valence electrons. The van der Waals surface area contributed by atoms with E-state index in [-0.39, 0.29) is 11.9 Å². The lowest BCUT2D eigenvalue weighted by atomic mass is 9.98. The minimum absolute atomic E-state index is 0.276. The summed E-state index contributed by atoms with van der Waals surface area (Å²) in [5.74, 6) is 0.275. The Morgan fingerprint density at radius 1 is 0.806 bits per heavy atom. The summed E-state index contributed by atoms with van der Waals surface area (Å²) in [4.78, 5) is 0. The maximum Gasteiger partial charge on any atom is 0.172 e. The summed E-state index contributed by atoms with van der Waals surface area (Å²) in [6.07, 6.45) is 0.507. The molecule has 0 spiro atoms. The molecule has 0 aliphatic carbocycles. The van der Waals surface area contributed by atoms with Crippen molar-refractivity contribution in [2.75, 3.05) is 5.01 Å². The Morgan fingerprint density at radius 2 is 1.55 bits per heavy atom. The molecule has 0 N–H and O–H groups in total. The van der Waals surface area contributed by atoms with Gasteiger partial charge in [-0.3, -0.25) is 0 Å². The first-order valence-electron chi connectivity index (χ1n) is 9.96. The summed E-state index contributed by atoms with van der Waals surface area (Å²) in [5.41, 5.74) is 3.92. The predicted molar refractivity (Wildman–Crippen MR) is 122 cm³/mol. The van der Waals surface area contributed by atoms with Crippen LogP contribution in [0.3, 0.4) is 0 Å². The summed E-state index contributed by atoms with van der Waals surface area (Å²) in [6.45, 7) is 0. The number of anilines is 1. The van der Waals surface area contributed by atoms with Crippen LogP contribution in [0.15, 0.2) is 96.1 Å². The molecule has 6 heteroatoms. The SMILES string of the molecule is Fc1ccccc1C1CC(c2ccccc2Cl)=NN1c1ccc(-c2ccccc2)nn1. The minimum Gasteiger partial charge on any atom is -0.238 e. The summed E-state index contributed by atoms with van der Waals surface area (Å²) >= 11 is 6.41. The molecule has 0 saturated heterocycles. The Morgan fingerprint density at radius 3 is 2.29 bits per heavy atom. The fourth-order valence-corrected chi connectivity index (χ4v) is 4.02. The molecular weight excluding hydrogens is 411 g/mol. The number of aromatic nitrogens is 2. The summed E-state index contributed by atoms with van der Waals surface area (Å²) in [6, 6.07) is 27.6. The van der Waals surface area contributed by atoms with Crippen molar-refractivity contribution in [3.05, 3.63) is 113 Å². The first-order valence-corrected chi connectivity index (χ1v) is 10.3. The van der Waals surface area contributed by atoms with E-state index in [0.717, 1.165) is 22.5 Å². The van der Waals surface area contributed by atoms with Gasteiger partial charge < -0.3 is 0 Å². The molecule has 1 aliphatic rings. The highest BCUT2D eigenvalue weighted by Gasteiger charge is 2.33. The number of hydrogen-bond acceptors (Lipinski definition) is 4. The second-order valence-electron chi connectivity index (χ2n) is 7.26. The van der Waals surface area contributed by atoms with Crippen molar-refractivity contribution in [2.45, 2.75) is 12.5 Å². The van der Waals surface area contributed by atoms with Crippen LogP contribution in [-0.4, -0.2) is 15.9 Å². The third-order valence-electron chi connectivity index (χ3n) is 5.31. The van der Waals surface area contributed by atoms with Crippen molar-refractivity contribution >= 4 is 23.1 Å². The number of nitrogens with zero attached hydrogens (tertiary/aromatic N) is 4. The molecule has 1 aliphatic heterocycles. The first kappa shape index (κ1) is 19.4. The quantitative estimate of drug-likeness (QED) is 0.383. The van der Waals surface area contributed by atoms with Gasteiger partial charge in [-0.2, -0.15) is 5.10 Å². The Labute approximate surface area is 184 Å². The average molecular weight is 429 g/mol. The van der Waals surface area contributed by atoms with Crippen LogP contribution >= 0.6 is 11.6 Å². The van der Waals surface area contributed by atoms with E-state index in [1.807, 2.05) is 72.8 Å². The van der Waals surface area contributed by atoms with Gasteiger partial charge >= 0.3 is 0 Å². The maximum absolute atomic E-state index is 14.7. The van der Waals surface area contributed by atoms with E-state index in [9.17, 15) is 4.39 Å². The molecule has 4 aromatic rings. The van der Waals surface area contributed by atoms with Gasteiger partial charge in [0, 0.05) is 28.1 Å². The molecule has 0 fully saturated rings. The van der Waals surface area contributed by atoms with Crippen LogP contribution in [0.5, 0.6) is 0 Å². The van der Waals surface area contributed by atoms with Gasteiger partial charge in [-0.1, -0.05) is 78.3 Å². The van der Waals surface area contributed by atoms with E-state index < -0.39 is 0 Å². The number of hydrazone groups is 1. The smallest absolute Gasteiger partial charge is 0.172 e. The Kier molecular flexibility index (Phi) is 5.18. The molecule has 0 amide bonds. The zero-order chi connectivity index (χ0) is 21.2. The van der Waals surface area contributed by atoms with Gasteiger partial charge in [-0.05, 0) is 24.3 Å². The van der Waals surface area contributed by atoms with Crippen molar-refractivity contribution in [3.8, 4) is 11.3 Å². The van der Waals surface area contributed by atoms with Gasteiger partial charge in [0.2, 0.25) is 0 Å². The minimum atomic E-state index is -0.343. The maximum atomic E-state index is 14.7. The zero-order valence-electron chi connectivity index (χ0n) is 16.5. The third kappa shape index (κ3) is 3.80. The highest BCUT2D eigenvalue weighted by atomic mass is 35.5. The third-order valence-corrected chi connectivity index (χ3v) is 5.64. The molecule has 0 bridgehead atoms. The predicted octanol–water partition coefficient (Wildman–Crippen LogP) is 6.29. The Hall–Kier alpha value is -3.57. The number of benzene rings is 3. The second-order valence-corrected chi connectivity index (χ2v) is 7.66. The lowest BCUT2D eigenvalue weighted by Crippen LogP contribution is -2.21. The van der Waals surface area contributed by atoms with Crippen molar-refractivity contribution < 1.29 is 4.39 Å². The zero-order valence-corrected chi connectivity index (χ0v) is 17.2. The largest absolute Gasteiger partial charge is 0.238 e. The molecule has 3 aromatic carbocycles. The Balaban J connectivity index is 1.55. The highest BCUT2D eigenvalue weighted by Crippen LogP contribution is 2.38. The van der Waals surface area contributed by atoms with Crippen LogP contribution in [0.2, 0.25) is 5.02 Å². The first-order chi connectivity index (χ1) is 15.2. The molecule has 0 radical (unpaired) electrons. The van der Waals surface area contributed by atoms with Gasteiger partial charge in [0.1, 0.15) is 5.82 Å². The van der Waals surface area contributed by atoms with Crippen LogP contribution in [0.4, 0.5) is 10.2 Å². The van der Waals surface area contributed by atoms with Crippen molar-refractivity contribution in [3.63, 3.8) is 0 Å². The normalized spacial score (nSPS) is 15.7. The average Bonchev–Trinajstić information content (AvgIpc) is 3.25. The summed E-state index contributed by atoms with van der Waals surface area (Å²) in [7, 11) is 0.